The number of rotatable bonds is 4. The van der Waals surface area contributed by atoms with Gasteiger partial charge < -0.3 is 14.6 Å². The summed E-state index contributed by atoms with van der Waals surface area (Å²) in [4.78, 5) is 26.7. The number of carbonyl (C=O) groups excluding carboxylic acids is 2. The number of amides is 2. The van der Waals surface area contributed by atoms with Crippen molar-refractivity contribution >= 4 is 39.1 Å². The van der Waals surface area contributed by atoms with Gasteiger partial charge in [-0.1, -0.05) is 18.2 Å². The van der Waals surface area contributed by atoms with Gasteiger partial charge in [-0.05, 0) is 46.3 Å². The Morgan fingerprint density at radius 1 is 1.22 bits per heavy atom. The van der Waals surface area contributed by atoms with Crippen LogP contribution in [0.15, 0.2) is 63.8 Å². The van der Waals surface area contributed by atoms with Crippen LogP contribution in [0.1, 0.15) is 6.42 Å². The van der Waals surface area contributed by atoms with Crippen molar-refractivity contribution < 1.29 is 14.0 Å². The number of nitrogens with one attached hydrogen (secondary N) is 1. The van der Waals surface area contributed by atoms with Crippen molar-refractivity contribution in [3.8, 4) is 11.5 Å². The number of anilines is 2. The van der Waals surface area contributed by atoms with Crippen molar-refractivity contribution in [3.05, 3.63) is 59.4 Å². The molecule has 1 aliphatic rings. The van der Waals surface area contributed by atoms with Crippen molar-refractivity contribution in [2.24, 2.45) is 5.92 Å². The molecule has 0 bridgehead atoms. The summed E-state index contributed by atoms with van der Waals surface area (Å²) in [5.74, 6) is -0.304. The summed E-state index contributed by atoms with van der Waals surface area (Å²) in [5, 5.41) is 10.4. The lowest BCUT2D eigenvalue weighted by Crippen LogP contribution is -2.28. The van der Waals surface area contributed by atoms with E-state index in [0.717, 1.165) is 10.2 Å². The summed E-state index contributed by atoms with van der Waals surface area (Å²) < 4.78 is 6.00. The van der Waals surface area contributed by atoms with Crippen LogP contribution >= 0.6 is 15.9 Å². The maximum Gasteiger partial charge on any atom is 0.247 e. The SMILES string of the molecule is O=C(Nc1cccc(-c2nnco2)c1)[C@@H]1CC(=O)N(c2ccccc2Br)C1. The van der Waals surface area contributed by atoms with Gasteiger partial charge in [0.15, 0.2) is 0 Å². The second-order valence-corrected chi connectivity index (χ2v) is 7.03. The molecule has 3 aromatic rings. The first kappa shape index (κ1) is 17.4. The Hall–Kier alpha value is -3.00. The molecule has 4 rings (SSSR count). The summed E-state index contributed by atoms with van der Waals surface area (Å²) in [5.41, 5.74) is 2.10. The number of para-hydroxylation sites is 1. The van der Waals surface area contributed by atoms with Gasteiger partial charge in [-0.3, -0.25) is 9.59 Å². The Bertz CT molecular complexity index is 990. The normalized spacial score (nSPS) is 16.6. The number of hydrogen-bond acceptors (Lipinski definition) is 5. The Morgan fingerprint density at radius 2 is 2.07 bits per heavy atom. The minimum atomic E-state index is -0.420. The molecule has 0 saturated carbocycles. The van der Waals surface area contributed by atoms with Gasteiger partial charge in [0.2, 0.25) is 24.1 Å². The van der Waals surface area contributed by atoms with Gasteiger partial charge in [0, 0.05) is 28.7 Å². The lowest BCUT2D eigenvalue weighted by molar-refractivity contribution is -0.122. The van der Waals surface area contributed by atoms with Crippen molar-refractivity contribution in [2.45, 2.75) is 6.42 Å². The van der Waals surface area contributed by atoms with E-state index >= 15 is 0 Å². The molecule has 2 aromatic carbocycles. The molecule has 1 saturated heterocycles. The molecule has 1 aliphatic heterocycles. The van der Waals surface area contributed by atoms with Crippen molar-refractivity contribution in [2.75, 3.05) is 16.8 Å². The molecule has 27 heavy (non-hydrogen) atoms. The zero-order chi connectivity index (χ0) is 18.8. The van der Waals surface area contributed by atoms with Gasteiger partial charge in [0.25, 0.3) is 0 Å². The van der Waals surface area contributed by atoms with Crippen LogP contribution in [0, 0.1) is 5.92 Å². The molecule has 0 aliphatic carbocycles. The number of hydrogen-bond donors (Lipinski definition) is 1. The lowest BCUT2D eigenvalue weighted by atomic mass is 10.1. The molecule has 1 fully saturated rings. The third-order valence-corrected chi connectivity index (χ3v) is 5.05. The minimum absolute atomic E-state index is 0.0679. The third kappa shape index (κ3) is 3.61. The molecule has 0 radical (unpaired) electrons. The van der Waals surface area contributed by atoms with E-state index in [1.807, 2.05) is 30.3 Å². The van der Waals surface area contributed by atoms with Crippen LogP contribution in [-0.2, 0) is 9.59 Å². The van der Waals surface area contributed by atoms with E-state index in [4.69, 9.17) is 4.42 Å². The first-order valence-corrected chi connectivity index (χ1v) is 9.13. The zero-order valence-electron chi connectivity index (χ0n) is 14.1. The molecule has 8 heteroatoms. The number of aromatic nitrogens is 2. The highest BCUT2D eigenvalue weighted by Gasteiger charge is 2.35. The summed E-state index contributed by atoms with van der Waals surface area (Å²) in [6.45, 7) is 0.344. The predicted molar refractivity (Wildman–Crippen MR) is 103 cm³/mol. The second-order valence-electron chi connectivity index (χ2n) is 6.17. The van der Waals surface area contributed by atoms with E-state index in [9.17, 15) is 9.59 Å². The largest absolute Gasteiger partial charge is 0.423 e. The second kappa shape index (κ2) is 7.32. The fraction of sp³-hybridized carbons (Fsp3) is 0.158. The maximum atomic E-state index is 12.7. The summed E-state index contributed by atoms with van der Waals surface area (Å²) in [7, 11) is 0. The Balaban J connectivity index is 1.47. The fourth-order valence-corrected chi connectivity index (χ4v) is 3.56. The predicted octanol–water partition coefficient (Wildman–Crippen LogP) is 3.49. The average molecular weight is 427 g/mol. The Labute approximate surface area is 163 Å². The molecule has 2 amide bonds. The van der Waals surface area contributed by atoms with Gasteiger partial charge in [-0.15, -0.1) is 10.2 Å². The highest BCUT2D eigenvalue weighted by molar-refractivity contribution is 9.10. The van der Waals surface area contributed by atoms with Crippen LogP contribution < -0.4 is 10.2 Å². The van der Waals surface area contributed by atoms with Crippen molar-refractivity contribution in [1.82, 2.24) is 10.2 Å². The van der Waals surface area contributed by atoms with Crippen molar-refractivity contribution in [1.29, 1.82) is 0 Å². The third-order valence-electron chi connectivity index (χ3n) is 4.38. The van der Waals surface area contributed by atoms with Crippen LogP contribution in [0.2, 0.25) is 0 Å². The minimum Gasteiger partial charge on any atom is -0.423 e. The van der Waals surface area contributed by atoms with Crippen LogP contribution in [0.25, 0.3) is 11.5 Å². The number of carbonyl (C=O) groups is 2. The van der Waals surface area contributed by atoms with Gasteiger partial charge in [0.05, 0.1) is 11.6 Å². The first-order valence-electron chi connectivity index (χ1n) is 8.34. The zero-order valence-corrected chi connectivity index (χ0v) is 15.7. The highest BCUT2D eigenvalue weighted by Crippen LogP contribution is 2.31. The smallest absolute Gasteiger partial charge is 0.247 e. The van der Waals surface area contributed by atoms with Crippen LogP contribution in [0.5, 0.6) is 0 Å². The molecule has 1 N–H and O–H groups in total. The standard InChI is InChI=1S/C19H15BrN4O3/c20-15-6-1-2-7-16(15)24-10-13(9-17(24)25)18(26)22-14-5-3-4-12(8-14)19-23-21-11-27-19/h1-8,11,13H,9-10H2,(H,22,26)/t13-/m1/s1. The quantitative estimate of drug-likeness (QED) is 0.689. The summed E-state index contributed by atoms with van der Waals surface area (Å²) >= 11 is 3.46. The molecule has 2 heterocycles. The van der Waals surface area contributed by atoms with E-state index in [1.165, 1.54) is 6.39 Å². The summed E-state index contributed by atoms with van der Waals surface area (Å²) in [6.07, 6.45) is 1.43. The molecule has 0 unspecified atom stereocenters. The fourth-order valence-electron chi connectivity index (χ4n) is 3.06. The molecule has 1 aromatic heterocycles. The van der Waals surface area contributed by atoms with E-state index in [2.05, 4.69) is 31.4 Å². The molecule has 136 valence electrons. The summed E-state index contributed by atoms with van der Waals surface area (Å²) in [6, 6.07) is 14.6. The molecular weight excluding hydrogens is 412 g/mol. The maximum absolute atomic E-state index is 12.7. The van der Waals surface area contributed by atoms with Crippen LogP contribution in [0.3, 0.4) is 0 Å². The average Bonchev–Trinajstić information content (AvgIpc) is 3.32. The molecule has 0 spiro atoms. The van der Waals surface area contributed by atoms with Crippen molar-refractivity contribution in [3.63, 3.8) is 0 Å². The monoisotopic (exact) mass is 426 g/mol. The van der Waals surface area contributed by atoms with E-state index in [0.29, 0.717) is 23.7 Å². The highest BCUT2D eigenvalue weighted by atomic mass is 79.9. The van der Waals surface area contributed by atoms with Crippen LogP contribution in [-0.4, -0.2) is 28.6 Å². The molecule has 1 atom stereocenters. The molecular formula is C19H15BrN4O3. The van der Waals surface area contributed by atoms with Crippen LogP contribution in [0.4, 0.5) is 11.4 Å². The van der Waals surface area contributed by atoms with E-state index in [-0.39, 0.29) is 18.2 Å². The van der Waals surface area contributed by atoms with Gasteiger partial charge in [0.1, 0.15) is 0 Å². The topological polar surface area (TPSA) is 88.3 Å². The first-order chi connectivity index (χ1) is 13.1. The number of halogens is 1. The lowest BCUT2D eigenvalue weighted by Gasteiger charge is -2.18. The number of nitrogens with zero attached hydrogens (tertiary/aromatic N) is 3. The number of benzene rings is 2. The Morgan fingerprint density at radius 3 is 2.85 bits per heavy atom. The van der Waals surface area contributed by atoms with E-state index < -0.39 is 5.92 Å². The Kier molecular flexibility index (Phi) is 4.72. The molecule has 7 nitrogen and oxygen atoms in total. The van der Waals surface area contributed by atoms with Gasteiger partial charge in [-0.2, -0.15) is 0 Å². The van der Waals surface area contributed by atoms with Gasteiger partial charge in [-0.25, -0.2) is 0 Å². The van der Waals surface area contributed by atoms with E-state index in [1.54, 1.807) is 23.1 Å². The van der Waals surface area contributed by atoms with Gasteiger partial charge >= 0.3 is 0 Å².